The third-order valence-electron chi connectivity index (χ3n) is 5.55. The van der Waals surface area contributed by atoms with Gasteiger partial charge in [0.15, 0.2) is 11.3 Å². The number of ether oxygens (including phenoxy) is 1. The van der Waals surface area contributed by atoms with Gasteiger partial charge >= 0.3 is 5.69 Å². The molecule has 2 unspecified atom stereocenters. The lowest BCUT2D eigenvalue weighted by Crippen LogP contribution is -2.37. The molecular formula is C20H19ClN4O5S. The number of hydrogen-bond donors (Lipinski definition) is 1. The van der Waals surface area contributed by atoms with Gasteiger partial charge in [0.25, 0.3) is 5.56 Å². The summed E-state index contributed by atoms with van der Waals surface area (Å²) < 4.78 is 16.2. The van der Waals surface area contributed by atoms with Crippen LogP contribution in [0.2, 0.25) is 5.22 Å². The maximum atomic E-state index is 13.3. The van der Waals surface area contributed by atoms with Crippen molar-refractivity contribution in [2.45, 2.75) is 25.7 Å². The smallest absolute Gasteiger partial charge is 0.331 e. The molecule has 0 saturated carbocycles. The van der Waals surface area contributed by atoms with Gasteiger partial charge in [-0.05, 0) is 30.7 Å². The average Bonchev–Trinajstić information content (AvgIpc) is 3.46. The number of aryl methyl sites for hydroxylation is 2. The van der Waals surface area contributed by atoms with Gasteiger partial charge < -0.3 is 18.8 Å². The molecule has 1 aliphatic heterocycles. The Morgan fingerprint density at radius 2 is 2.06 bits per heavy atom. The lowest BCUT2D eigenvalue weighted by atomic mass is 10.1. The van der Waals surface area contributed by atoms with E-state index < -0.39 is 23.5 Å². The second-order valence-electron chi connectivity index (χ2n) is 7.53. The zero-order chi connectivity index (χ0) is 22.0. The highest BCUT2D eigenvalue weighted by Gasteiger charge is 2.38. The van der Waals surface area contributed by atoms with Crippen LogP contribution in [-0.2, 0) is 25.4 Å². The first-order valence-corrected chi connectivity index (χ1v) is 10.8. The summed E-state index contributed by atoms with van der Waals surface area (Å²) in [5.41, 5.74) is 1.60. The molecule has 9 nitrogen and oxygen atoms in total. The van der Waals surface area contributed by atoms with E-state index in [9.17, 15) is 14.7 Å². The van der Waals surface area contributed by atoms with Crippen molar-refractivity contribution in [2.75, 3.05) is 6.61 Å². The minimum absolute atomic E-state index is 0.188. The lowest BCUT2D eigenvalue weighted by Gasteiger charge is -2.31. The SMILES string of the molecule is Cc1csc(-c2c3c(=O)n(C)c(=O)n(C)c3c3n2CC(CO)OC3c2ccc(Cl)o2)n1. The van der Waals surface area contributed by atoms with E-state index in [4.69, 9.17) is 20.8 Å². The summed E-state index contributed by atoms with van der Waals surface area (Å²) in [5, 5.41) is 13.0. The van der Waals surface area contributed by atoms with Gasteiger partial charge in [-0.1, -0.05) is 0 Å². The molecule has 0 aliphatic carbocycles. The normalized spacial score (nSPS) is 18.6. The molecule has 0 fully saturated rings. The largest absolute Gasteiger partial charge is 0.446 e. The van der Waals surface area contributed by atoms with Crippen molar-refractivity contribution in [1.29, 1.82) is 0 Å². The van der Waals surface area contributed by atoms with E-state index in [0.29, 0.717) is 33.1 Å². The van der Waals surface area contributed by atoms with E-state index in [1.54, 1.807) is 19.2 Å². The van der Waals surface area contributed by atoms with Crippen LogP contribution in [0.3, 0.4) is 0 Å². The standard InChI is InChI=1S/C20H19ClN4O5S/c1-9-8-31-18(22-9)15-13-14(23(2)20(28)24(3)19(13)27)16-17(11-4-5-12(21)30-11)29-10(7-26)6-25(15)16/h4-5,8,10,17,26H,6-7H2,1-3H3. The van der Waals surface area contributed by atoms with Gasteiger partial charge in [-0.2, -0.15) is 0 Å². The number of thiazole rings is 1. The van der Waals surface area contributed by atoms with Crippen LogP contribution in [0.4, 0.5) is 0 Å². The minimum atomic E-state index is -0.770. The predicted octanol–water partition coefficient (Wildman–Crippen LogP) is 2.20. The number of aliphatic hydroxyl groups excluding tert-OH is 1. The van der Waals surface area contributed by atoms with Gasteiger partial charge in [-0.25, -0.2) is 9.78 Å². The fourth-order valence-corrected chi connectivity index (χ4v) is 5.16. The van der Waals surface area contributed by atoms with Crippen LogP contribution in [0.25, 0.3) is 21.6 Å². The Morgan fingerprint density at radius 3 is 2.68 bits per heavy atom. The number of aromatic nitrogens is 4. The molecular weight excluding hydrogens is 444 g/mol. The Balaban J connectivity index is 1.96. The van der Waals surface area contributed by atoms with Crippen molar-refractivity contribution in [3.8, 4) is 10.7 Å². The molecule has 4 aromatic rings. The molecule has 11 heteroatoms. The zero-order valence-corrected chi connectivity index (χ0v) is 18.5. The highest BCUT2D eigenvalue weighted by molar-refractivity contribution is 7.13. The molecule has 0 bridgehead atoms. The first kappa shape index (κ1) is 20.3. The van der Waals surface area contributed by atoms with E-state index in [2.05, 4.69) is 4.98 Å². The van der Waals surface area contributed by atoms with Crippen LogP contribution < -0.4 is 11.2 Å². The first-order valence-electron chi connectivity index (χ1n) is 9.58. The number of halogens is 1. The molecule has 0 aromatic carbocycles. The summed E-state index contributed by atoms with van der Waals surface area (Å²) in [5.74, 6) is 0.416. The van der Waals surface area contributed by atoms with Gasteiger partial charge in [0, 0.05) is 25.2 Å². The molecule has 162 valence electrons. The highest BCUT2D eigenvalue weighted by atomic mass is 35.5. The number of aliphatic hydroxyl groups is 1. The van der Waals surface area contributed by atoms with Gasteiger partial charge in [-0.15, -0.1) is 11.3 Å². The highest BCUT2D eigenvalue weighted by Crippen LogP contribution is 2.43. The lowest BCUT2D eigenvalue weighted by molar-refractivity contribution is -0.0589. The molecule has 5 rings (SSSR count). The Kier molecular flexibility index (Phi) is 4.70. The summed E-state index contributed by atoms with van der Waals surface area (Å²) in [6.07, 6.45) is -1.32. The van der Waals surface area contributed by atoms with Crippen molar-refractivity contribution in [3.63, 3.8) is 0 Å². The minimum Gasteiger partial charge on any atom is -0.446 e. The number of hydrogen-bond acceptors (Lipinski definition) is 7. The summed E-state index contributed by atoms with van der Waals surface area (Å²) >= 11 is 7.42. The topological polar surface area (TPSA) is 104 Å². The molecule has 4 aromatic heterocycles. The quantitative estimate of drug-likeness (QED) is 0.500. The van der Waals surface area contributed by atoms with Crippen LogP contribution in [0, 0.1) is 6.92 Å². The Hall–Kier alpha value is -2.66. The third-order valence-corrected chi connectivity index (χ3v) is 6.72. The average molecular weight is 463 g/mol. The maximum absolute atomic E-state index is 13.3. The van der Waals surface area contributed by atoms with Crippen LogP contribution in [0.15, 0.2) is 31.5 Å². The van der Waals surface area contributed by atoms with Crippen LogP contribution in [0.1, 0.15) is 23.3 Å². The van der Waals surface area contributed by atoms with Gasteiger partial charge in [-0.3, -0.25) is 13.9 Å². The van der Waals surface area contributed by atoms with Crippen LogP contribution in [0.5, 0.6) is 0 Å². The monoisotopic (exact) mass is 462 g/mol. The Labute approximate surface area is 184 Å². The zero-order valence-electron chi connectivity index (χ0n) is 17.0. The Bertz CT molecular complexity index is 1440. The number of rotatable bonds is 3. The summed E-state index contributed by atoms with van der Waals surface area (Å²) in [6, 6.07) is 3.28. The summed E-state index contributed by atoms with van der Waals surface area (Å²) in [7, 11) is 3.07. The van der Waals surface area contributed by atoms with Crippen molar-refractivity contribution >= 4 is 33.8 Å². The second-order valence-corrected chi connectivity index (χ2v) is 8.76. The second kappa shape index (κ2) is 7.20. The molecule has 1 aliphatic rings. The van der Waals surface area contributed by atoms with E-state index in [0.717, 1.165) is 10.3 Å². The van der Waals surface area contributed by atoms with Gasteiger partial charge in [0.1, 0.15) is 10.8 Å². The first-order chi connectivity index (χ1) is 14.8. The molecule has 0 radical (unpaired) electrons. The van der Waals surface area contributed by atoms with E-state index in [1.165, 1.54) is 23.0 Å². The molecule has 0 amide bonds. The molecule has 1 N–H and O–H groups in total. The molecule has 2 atom stereocenters. The van der Waals surface area contributed by atoms with Crippen LogP contribution >= 0.6 is 22.9 Å². The fourth-order valence-electron chi connectivity index (χ4n) is 4.16. The third kappa shape index (κ3) is 2.93. The van der Waals surface area contributed by atoms with Crippen molar-refractivity contribution < 1.29 is 14.3 Å². The molecule has 0 spiro atoms. The molecule has 0 saturated heterocycles. The number of fused-ring (bicyclic) bond motifs is 3. The van der Waals surface area contributed by atoms with E-state index in [1.807, 2.05) is 16.9 Å². The maximum Gasteiger partial charge on any atom is 0.331 e. The van der Waals surface area contributed by atoms with E-state index >= 15 is 0 Å². The van der Waals surface area contributed by atoms with Crippen LogP contribution in [-0.4, -0.2) is 36.5 Å². The Morgan fingerprint density at radius 1 is 1.29 bits per heavy atom. The summed E-state index contributed by atoms with van der Waals surface area (Å²) in [4.78, 5) is 30.7. The number of nitrogens with zero attached hydrogens (tertiary/aromatic N) is 4. The fraction of sp³-hybridized carbons (Fsp3) is 0.350. The van der Waals surface area contributed by atoms with Gasteiger partial charge in [0.2, 0.25) is 0 Å². The van der Waals surface area contributed by atoms with Crippen molar-refractivity contribution in [2.24, 2.45) is 14.1 Å². The summed E-state index contributed by atoms with van der Waals surface area (Å²) in [6.45, 7) is 1.94. The predicted molar refractivity (Wildman–Crippen MR) is 116 cm³/mol. The van der Waals surface area contributed by atoms with Gasteiger partial charge in [0.05, 0.1) is 41.5 Å². The van der Waals surface area contributed by atoms with Crippen molar-refractivity contribution in [3.05, 3.63) is 60.7 Å². The number of furan rings is 1. The van der Waals surface area contributed by atoms with Crippen molar-refractivity contribution in [1.82, 2.24) is 18.7 Å². The van der Waals surface area contributed by atoms with E-state index in [-0.39, 0.29) is 18.4 Å². The molecule has 31 heavy (non-hydrogen) atoms. The molecule has 5 heterocycles.